The van der Waals surface area contributed by atoms with E-state index < -0.39 is 0 Å². The largest absolute Gasteiger partial charge is 0.308 e. The minimum atomic E-state index is 0.682. The van der Waals surface area contributed by atoms with Gasteiger partial charge in [-0.25, -0.2) is 10.8 Å². The second kappa shape index (κ2) is 5.77. The van der Waals surface area contributed by atoms with E-state index in [1.807, 2.05) is 6.20 Å². The molecule has 2 rings (SSSR count). The number of hydrogen-bond donors (Lipinski definition) is 2. The van der Waals surface area contributed by atoms with Crippen molar-refractivity contribution < 1.29 is 0 Å². The lowest BCUT2D eigenvalue weighted by Gasteiger charge is -2.26. The summed E-state index contributed by atoms with van der Waals surface area (Å²) in [7, 11) is 4.28. The molecule has 0 amide bonds. The minimum absolute atomic E-state index is 0.682. The quantitative estimate of drug-likeness (QED) is 0.606. The zero-order valence-corrected chi connectivity index (χ0v) is 11.3. The molecule has 0 spiro atoms. The van der Waals surface area contributed by atoms with Crippen molar-refractivity contribution in [2.24, 2.45) is 5.84 Å². The molecule has 2 heterocycles. The van der Waals surface area contributed by atoms with Gasteiger partial charge in [0.1, 0.15) is 0 Å². The minimum Gasteiger partial charge on any atom is -0.308 e. The number of rotatable bonds is 5. The first-order valence-electron chi connectivity index (χ1n) is 5.99. The van der Waals surface area contributed by atoms with E-state index in [0.29, 0.717) is 6.04 Å². The van der Waals surface area contributed by atoms with Crippen LogP contribution in [0.5, 0.6) is 0 Å². The highest BCUT2D eigenvalue weighted by atomic mass is 32.1. The van der Waals surface area contributed by atoms with E-state index in [0.717, 1.165) is 18.2 Å². The van der Waals surface area contributed by atoms with Crippen LogP contribution in [0.25, 0.3) is 0 Å². The molecule has 1 aromatic heterocycles. The second-order valence-electron chi connectivity index (χ2n) is 4.80. The van der Waals surface area contributed by atoms with Crippen molar-refractivity contribution in [3.8, 4) is 0 Å². The molecule has 1 fully saturated rings. The molecular formula is C11H21N5S. The molecule has 1 aromatic rings. The Hall–Kier alpha value is -0.690. The van der Waals surface area contributed by atoms with Crippen molar-refractivity contribution in [1.82, 2.24) is 14.8 Å². The molecule has 1 atom stereocenters. The highest BCUT2D eigenvalue weighted by Crippen LogP contribution is 2.24. The normalized spacial score (nSPS) is 21.3. The van der Waals surface area contributed by atoms with Crippen LogP contribution in [0.2, 0.25) is 0 Å². The molecule has 0 radical (unpaired) electrons. The monoisotopic (exact) mass is 255 g/mol. The van der Waals surface area contributed by atoms with E-state index in [9.17, 15) is 0 Å². The summed E-state index contributed by atoms with van der Waals surface area (Å²) >= 11 is 1.64. The number of thiazole rings is 1. The number of hydrogen-bond acceptors (Lipinski definition) is 6. The Morgan fingerprint density at radius 1 is 1.65 bits per heavy atom. The van der Waals surface area contributed by atoms with Gasteiger partial charge in [-0.05, 0) is 33.5 Å². The maximum atomic E-state index is 5.34. The van der Waals surface area contributed by atoms with Crippen molar-refractivity contribution in [2.45, 2.75) is 25.4 Å². The maximum absolute atomic E-state index is 5.34. The predicted molar refractivity (Wildman–Crippen MR) is 71.9 cm³/mol. The maximum Gasteiger partial charge on any atom is 0.197 e. The SMILES string of the molecule is CN(C)CC1CCCN1Cc1cnc(NN)s1. The zero-order valence-electron chi connectivity index (χ0n) is 10.5. The van der Waals surface area contributed by atoms with Crippen LogP contribution < -0.4 is 11.3 Å². The van der Waals surface area contributed by atoms with Crippen molar-refractivity contribution in [3.63, 3.8) is 0 Å². The molecule has 1 unspecified atom stereocenters. The predicted octanol–water partition coefficient (Wildman–Crippen LogP) is 0.955. The zero-order chi connectivity index (χ0) is 12.3. The summed E-state index contributed by atoms with van der Waals surface area (Å²) in [5.41, 5.74) is 2.60. The van der Waals surface area contributed by atoms with E-state index in [4.69, 9.17) is 5.84 Å². The number of likely N-dealkylation sites (N-methyl/N-ethyl adjacent to an activating group) is 1. The molecule has 1 saturated heterocycles. The van der Waals surface area contributed by atoms with Crippen LogP contribution in [-0.4, -0.2) is 48.0 Å². The molecule has 0 aliphatic carbocycles. The van der Waals surface area contributed by atoms with Crippen LogP contribution in [0, 0.1) is 0 Å². The lowest BCUT2D eigenvalue weighted by atomic mass is 10.2. The van der Waals surface area contributed by atoms with Crippen LogP contribution >= 0.6 is 11.3 Å². The smallest absolute Gasteiger partial charge is 0.197 e. The van der Waals surface area contributed by atoms with E-state index in [-0.39, 0.29) is 0 Å². The molecule has 96 valence electrons. The lowest BCUT2D eigenvalue weighted by molar-refractivity contribution is 0.202. The van der Waals surface area contributed by atoms with E-state index in [1.54, 1.807) is 11.3 Å². The molecule has 1 aliphatic heterocycles. The van der Waals surface area contributed by atoms with Crippen LogP contribution in [0.15, 0.2) is 6.20 Å². The topological polar surface area (TPSA) is 57.4 Å². The Bertz CT molecular complexity index is 351. The molecular weight excluding hydrogens is 234 g/mol. The fourth-order valence-corrected chi connectivity index (χ4v) is 3.13. The highest BCUT2D eigenvalue weighted by molar-refractivity contribution is 7.15. The average Bonchev–Trinajstić information content (AvgIpc) is 2.89. The van der Waals surface area contributed by atoms with Gasteiger partial charge < -0.3 is 4.90 Å². The van der Waals surface area contributed by atoms with Gasteiger partial charge in [0.2, 0.25) is 0 Å². The third-order valence-corrected chi connectivity index (χ3v) is 4.02. The van der Waals surface area contributed by atoms with Gasteiger partial charge in [-0.3, -0.25) is 10.3 Å². The Morgan fingerprint density at radius 2 is 2.47 bits per heavy atom. The molecule has 0 bridgehead atoms. The first-order valence-corrected chi connectivity index (χ1v) is 6.81. The van der Waals surface area contributed by atoms with Crippen molar-refractivity contribution in [1.29, 1.82) is 0 Å². The summed E-state index contributed by atoms with van der Waals surface area (Å²) < 4.78 is 0. The van der Waals surface area contributed by atoms with Gasteiger partial charge in [0, 0.05) is 30.2 Å². The Kier molecular flexibility index (Phi) is 4.33. The van der Waals surface area contributed by atoms with Gasteiger partial charge in [0.15, 0.2) is 5.13 Å². The number of aromatic nitrogens is 1. The van der Waals surface area contributed by atoms with Gasteiger partial charge in [-0.1, -0.05) is 11.3 Å². The number of nitrogen functional groups attached to an aromatic ring is 1. The van der Waals surface area contributed by atoms with E-state index >= 15 is 0 Å². The van der Waals surface area contributed by atoms with Crippen molar-refractivity contribution in [2.75, 3.05) is 32.6 Å². The van der Waals surface area contributed by atoms with Gasteiger partial charge >= 0.3 is 0 Å². The number of nitrogens with zero attached hydrogens (tertiary/aromatic N) is 3. The number of hydrazine groups is 1. The standard InChI is InChI=1S/C11H21N5S/c1-15(2)7-9-4-3-5-16(9)8-10-6-13-11(14-12)17-10/h6,9H,3-5,7-8,12H2,1-2H3,(H,13,14). The molecule has 0 saturated carbocycles. The van der Waals surface area contributed by atoms with E-state index in [1.165, 1.54) is 24.3 Å². The van der Waals surface area contributed by atoms with Gasteiger partial charge in [-0.2, -0.15) is 0 Å². The molecule has 5 nitrogen and oxygen atoms in total. The summed E-state index contributed by atoms with van der Waals surface area (Å²) in [4.78, 5) is 10.3. The molecule has 17 heavy (non-hydrogen) atoms. The summed E-state index contributed by atoms with van der Waals surface area (Å²) in [6.07, 6.45) is 4.53. The first kappa shape index (κ1) is 12.8. The Balaban J connectivity index is 1.92. The third-order valence-electron chi connectivity index (χ3n) is 3.11. The molecule has 1 aliphatic rings. The van der Waals surface area contributed by atoms with Crippen molar-refractivity contribution >= 4 is 16.5 Å². The summed E-state index contributed by atoms with van der Waals surface area (Å²) in [6, 6.07) is 0.682. The third kappa shape index (κ3) is 3.38. The van der Waals surface area contributed by atoms with Crippen molar-refractivity contribution in [3.05, 3.63) is 11.1 Å². The fourth-order valence-electron chi connectivity index (χ4n) is 2.38. The number of nitrogens with two attached hydrogens (primary N) is 1. The molecule has 6 heteroatoms. The van der Waals surface area contributed by atoms with Crippen LogP contribution in [-0.2, 0) is 6.54 Å². The van der Waals surface area contributed by atoms with Crippen LogP contribution in [0.1, 0.15) is 17.7 Å². The van der Waals surface area contributed by atoms with Crippen LogP contribution in [0.4, 0.5) is 5.13 Å². The van der Waals surface area contributed by atoms with Gasteiger partial charge in [0.05, 0.1) is 0 Å². The number of likely N-dealkylation sites (tertiary alicyclic amines) is 1. The summed E-state index contributed by atoms with van der Waals surface area (Å²) in [5.74, 6) is 5.34. The fraction of sp³-hybridized carbons (Fsp3) is 0.727. The molecule has 0 aromatic carbocycles. The average molecular weight is 255 g/mol. The van der Waals surface area contributed by atoms with Gasteiger partial charge in [-0.15, -0.1) is 0 Å². The number of anilines is 1. The van der Waals surface area contributed by atoms with E-state index in [2.05, 4.69) is 34.3 Å². The Morgan fingerprint density at radius 3 is 3.12 bits per heavy atom. The summed E-state index contributed by atoms with van der Waals surface area (Å²) in [5, 5.41) is 0.795. The highest BCUT2D eigenvalue weighted by Gasteiger charge is 2.25. The lowest BCUT2D eigenvalue weighted by Crippen LogP contribution is -2.36. The van der Waals surface area contributed by atoms with Gasteiger partial charge in [0.25, 0.3) is 0 Å². The first-order chi connectivity index (χ1) is 8.19. The number of nitrogens with one attached hydrogen (secondary N) is 1. The Labute approximate surface area is 107 Å². The molecule has 3 N–H and O–H groups in total. The second-order valence-corrected chi connectivity index (χ2v) is 5.92. The van der Waals surface area contributed by atoms with Crippen LogP contribution in [0.3, 0.4) is 0 Å². The summed E-state index contributed by atoms with van der Waals surface area (Å²) in [6.45, 7) is 3.33.